The molecule has 1 saturated carbocycles. The van der Waals surface area contributed by atoms with Crippen molar-refractivity contribution in [3.05, 3.63) is 29.8 Å². The van der Waals surface area contributed by atoms with E-state index in [1.807, 2.05) is 24.3 Å². The Hall–Kier alpha value is -2.04. The molecule has 1 atom stereocenters. The topological polar surface area (TPSA) is 58.6 Å². The van der Waals surface area contributed by atoms with Crippen LogP contribution in [0.5, 0.6) is 5.75 Å². The number of carbonyl (C=O) groups excluding carboxylic acids is 2. The van der Waals surface area contributed by atoms with E-state index in [0.29, 0.717) is 6.54 Å². The van der Waals surface area contributed by atoms with Crippen LogP contribution in [0.1, 0.15) is 70.4 Å². The monoisotopic (exact) mass is 360 g/mol. The minimum atomic E-state index is -0.591. The normalized spacial score (nSPS) is 16.0. The molecule has 2 amide bonds. The Morgan fingerprint density at radius 3 is 2.38 bits per heavy atom. The van der Waals surface area contributed by atoms with Gasteiger partial charge in [-0.25, -0.2) is 0 Å². The first-order chi connectivity index (χ1) is 12.6. The van der Waals surface area contributed by atoms with E-state index in [1.165, 1.54) is 6.42 Å². The molecule has 5 heteroatoms. The zero-order valence-corrected chi connectivity index (χ0v) is 16.3. The van der Waals surface area contributed by atoms with E-state index in [-0.39, 0.29) is 17.9 Å². The van der Waals surface area contributed by atoms with E-state index in [9.17, 15) is 9.59 Å². The lowest BCUT2D eigenvalue weighted by Crippen LogP contribution is -2.46. The Balaban J connectivity index is 2.25. The Morgan fingerprint density at radius 1 is 1.19 bits per heavy atom. The molecule has 2 rings (SSSR count). The molecule has 0 aliphatic heterocycles. The van der Waals surface area contributed by atoms with Crippen molar-refractivity contribution in [2.45, 2.75) is 70.9 Å². The van der Waals surface area contributed by atoms with Crippen LogP contribution in [-0.2, 0) is 9.59 Å². The highest BCUT2D eigenvalue weighted by Crippen LogP contribution is 2.26. The van der Waals surface area contributed by atoms with Crippen molar-refractivity contribution in [3.63, 3.8) is 0 Å². The summed E-state index contributed by atoms with van der Waals surface area (Å²) in [6.45, 7) is 4.21. The van der Waals surface area contributed by atoms with Gasteiger partial charge in [0.05, 0.1) is 7.11 Å². The fourth-order valence-electron chi connectivity index (χ4n) is 3.58. The molecule has 1 aliphatic rings. The summed E-state index contributed by atoms with van der Waals surface area (Å²) in [6, 6.07) is 7.07. The number of benzene rings is 1. The van der Waals surface area contributed by atoms with Crippen LogP contribution in [0.2, 0.25) is 0 Å². The predicted octanol–water partition coefficient (Wildman–Crippen LogP) is 3.83. The first-order valence-electron chi connectivity index (χ1n) is 9.78. The second kappa shape index (κ2) is 10.2. The van der Waals surface area contributed by atoms with Crippen LogP contribution in [0, 0.1) is 0 Å². The van der Waals surface area contributed by atoms with Crippen molar-refractivity contribution in [1.29, 1.82) is 0 Å². The molecule has 0 spiro atoms. The number of amides is 2. The number of unbranched alkanes of at least 4 members (excludes halogenated alkanes) is 1. The molecule has 0 saturated heterocycles. The maximum atomic E-state index is 13.1. The number of hydrogen-bond acceptors (Lipinski definition) is 3. The molecule has 5 nitrogen and oxygen atoms in total. The van der Waals surface area contributed by atoms with Crippen LogP contribution >= 0.6 is 0 Å². The van der Waals surface area contributed by atoms with Gasteiger partial charge in [-0.1, -0.05) is 44.7 Å². The summed E-state index contributed by atoms with van der Waals surface area (Å²) >= 11 is 0. The molecule has 1 aromatic rings. The van der Waals surface area contributed by atoms with E-state index in [0.717, 1.165) is 49.8 Å². The molecule has 0 heterocycles. The molecular weight excluding hydrogens is 328 g/mol. The Labute approximate surface area is 157 Å². The number of ether oxygens (including phenoxy) is 1. The molecule has 0 radical (unpaired) electrons. The first kappa shape index (κ1) is 20.3. The number of methoxy groups -OCH3 is 1. The number of nitrogens with one attached hydrogen (secondary N) is 1. The van der Waals surface area contributed by atoms with Crippen molar-refractivity contribution in [3.8, 4) is 5.75 Å². The molecule has 144 valence electrons. The van der Waals surface area contributed by atoms with Crippen molar-refractivity contribution in [2.75, 3.05) is 13.7 Å². The molecule has 1 aromatic carbocycles. The SMILES string of the molecule is CCCCN(C(C)=O)C(C(=O)NC1CCCCC1)c1ccc(OC)cc1. The summed E-state index contributed by atoms with van der Waals surface area (Å²) < 4.78 is 5.22. The minimum Gasteiger partial charge on any atom is -0.497 e. The lowest BCUT2D eigenvalue weighted by molar-refractivity contribution is -0.139. The number of rotatable bonds is 8. The van der Waals surface area contributed by atoms with Gasteiger partial charge in [0.2, 0.25) is 11.8 Å². The average Bonchev–Trinajstić information content (AvgIpc) is 2.65. The fourth-order valence-corrected chi connectivity index (χ4v) is 3.58. The van der Waals surface area contributed by atoms with Crippen LogP contribution in [0.25, 0.3) is 0 Å². The van der Waals surface area contributed by atoms with Crippen molar-refractivity contribution >= 4 is 11.8 Å². The van der Waals surface area contributed by atoms with Gasteiger partial charge in [0, 0.05) is 19.5 Å². The molecular formula is C21H32N2O3. The van der Waals surface area contributed by atoms with Gasteiger partial charge >= 0.3 is 0 Å². The Morgan fingerprint density at radius 2 is 1.85 bits per heavy atom. The summed E-state index contributed by atoms with van der Waals surface area (Å²) in [6.07, 6.45) is 7.46. The van der Waals surface area contributed by atoms with Gasteiger partial charge in [-0.05, 0) is 37.0 Å². The lowest BCUT2D eigenvalue weighted by Gasteiger charge is -2.32. The van der Waals surface area contributed by atoms with Gasteiger partial charge in [0.1, 0.15) is 11.8 Å². The highest BCUT2D eigenvalue weighted by Gasteiger charge is 2.31. The van der Waals surface area contributed by atoms with Gasteiger partial charge in [0.25, 0.3) is 0 Å². The highest BCUT2D eigenvalue weighted by molar-refractivity contribution is 5.88. The molecule has 1 aliphatic carbocycles. The van der Waals surface area contributed by atoms with E-state index >= 15 is 0 Å². The predicted molar refractivity (Wildman–Crippen MR) is 103 cm³/mol. The van der Waals surface area contributed by atoms with Gasteiger partial charge in [0.15, 0.2) is 0 Å². The van der Waals surface area contributed by atoms with Gasteiger partial charge < -0.3 is 15.0 Å². The number of hydrogen-bond donors (Lipinski definition) is 1. The molecule has 26 heavy (non-hydrogen) atoms. The molecule has 0 bridgehead atoms. The summed E-state index contributed by atoms with van der Waals surface area (Å²) in [5, 5.41) is 3.19. The van der Waals surface area contributed by atoms with Crippen molar-refractivity contribution < 1.29 is 14.3 Å². The fraction of sp³-hybridized carbons (Fsp3) is 0.619. The largest absolute Gasteiger partial charge is 0.497 e. The van der Waals surface area contributed by atoms with E-state index in [2.05, 4.69) is 12.2 Å². The van der Waals surface area contributed by atoms with Crippen LogP contribution in [-0.4, -0.2) is 36.4 Å². The summed E-state index contributed by atoms with van der Waals surface area (Å²) in [7, 11) is 1.62. The quantitative estimate of drug-likeness (QED) is 0.766. The van der Waals surface area contributed by atoms with E-state index in [4.69, 9.17) is 4.74 Å². The van der Waals surface area contributed by atoms with Gasteiger partial charge in [-0.15, -0.1) is 0 Å². The zero-order chi connectivity index (χ0) is 18.9. The van der Waals surface area contributed by atoms with Crippen molar-refractivity contribution in [2.24, 2.45) is 0 Å². The summed E-state index contributed by atoms with van der Waals surface area (Å²) in [4.78, 5) is 27.1. The third-order valence-electron chi connectivity index (χ3n) is 5.10. The average molecular weight is 360 g/mol. The van der Waals surface area contributed by atoms with E-state index < -0.39 is 6.04 Å². The second-order valence-electron chi connectivity index (χ2n) is 7.09. The second-order valence-corrected chi connectivity index (χ2v) is 7.09. The lowest BCUT2D eigenvalue weighted by atomic mass is 9.94. The molecule has 0 aromatic heterocycles. The molecule has 1 unspecified atom stereocenters. The maximum absolute atomic E-state index is 13.1. The smallest absolute Gasteiger partial charge is 0.247 e. The number of carbonyl (C=O) groups is 2. The van der Waals surface area contributed by atoms with Crippen molar-refractivity contribution in [1.82, 2.24) is 10.2 Å². The Bertz CT molecular complexity index is 579. The van der Waals surface area contributed by atoms with E-state index in [1.54, 1.807) is 18.9 Å². The molecule has 1 N–H and O–H groups in total. The third kappa shape index (κ3) is 5.48. The zero-order valence-electron chi connectivity index (χ0n) is 16.3. The van der Waals surface area contributed by atoms with Crippen LogP contribution < -0.4 is 10.1 Å². The standard InChI is InChI=1S/C21H32N2O3/c1-4-5-15-23(16(2)24)20(17-11-13-19(26-3)14-12-17)21(25)22-18-9-7-6-8-10-18/h11-14,18,20H,4-10,15H2,1-3H3,(H,22,25). The van der Waals surface area contributed by atoms with Gasteiger partial charge in [-0.2, -0.15) is 0 Å². The van der Waals surface area contributed by atoms with Crippen LogP contribution in [0.3, 0.4) is 0 Å². The molecule has 1 fully saturated rings. The highest BCUT2D eigenvalue weighted by atomic mass is 16.5. The maximum Gasteiger partial charge on any atom is 0.247 e. The van der Waals surface area contributed by atoms with Crippen LogP contribution in [0.4, 0.5) is 0 Å². The number of nitrogens with zero attached hydrogens (tertiary/aromatic N) is 1. The minimum absolute atomic E-state index is 0.0712. The van der Waals surface area contributed by atoms with Gasteiger partial charge in [-0.3, -0.25) is 9.59 Å². The Kier molecular flexibility index (Phi) is 7.95. The third-order valence-corrected chi connectivity index (χ3v) is 5.10. The first-order valence-corrected chi connectivity index (χ1v) is 9.78. The summed E-state index contributed by atoms with van der Waals surface area (Å²) in [5.41, 5.74) is 0.824. The summed E-state index contributed by atoms with van der Waals surface area (Å²) in [5.74, 6) is 0.592. The van der Waals surface area contributed by atoms with Crippen LogP contribution in [0.15, 0.2) is 24.3 Å².